The maximum absolute atomic E-state index is 10.8. The van der Waals surface area contributed by atoms with Crippen LogP contribution in [0.25, 0.3) is 0 Å². The predicted molar refractivity (Wildman–Crippen MR) is 57.7 cm³/mol. The van der Waals surface area contributed by atoms with Crippen molar-refractivity contribution in [3.63, 3.8) is 0 Å². The van der Waals surface area contributed by atoms with E-state index in [1.165, 1.54) is 0 Å². The Bertz CT molecular complexity index is 135. The summed E-state index contributed by atoms with van der Waals surface area (Å²) in [6.07, 6.45) is 1.69. The highest BCUT2D eigenvalue weighted by molar-refractivity contribution is 7.79. The molecule has 0 aromatic heterocycles. The van der Waals surface area contributed by atoms with E-state index in [2.05, 4.69) is 25.4 Å². The van der Waals surface area contributed by atoms with E-state index in [-0.39, 0.29) is 5.91 Å². The first-order valence-corrected chi connectivity index (χ1v) is 5.13. The van der Waals surface area contributed by atoms with Crippen LogP contribution in [0.5, 0.6) is 0 Å². The standard InChI is InChI=1S/C6H12N2OS.CH4S/c1-6(9)7-2-4-8(10)5-3-7;1-2/h10H,2-5H2,1H3;2H,1H3. The second-order valence-corrected chi connectivity index (χ2v) is 3.03. The van der Waals surface area contributed by atoms with Crippen LogP contribution >= 0.6 is 25.4 Å². The van der Waals surface area contributed by atoms with Gasteiger partial charge in [0.2, 0.25) is 5.91 Å². The van der Waals surface area contributed by atoms with Crippen LogP contribution in [0.15, 0.2) is 0 Å². The number of piperazine rings is 1. The van der Waals surface area contributed by atoms with Gasteiger partial charge < -0.3 is 4.90 Å². The average molecular weight is 208 g/mol. The Kier molecular flexibility index (Phi) is 6.70. The van der Waals surface area contributed by atoms with E-state index in [1.54, 1.807) is 13.2 Å². The third kappa shape index (κ3) is 4.23. The molecule has 0 spiro atoms. The Hall–Kier alpha value is 0.130. The van der Waals surface area contributed by atoms with Crippen LogP contribution in [0.4, 0.5) is 0 Å². The summed E-state index contributed by atoms with van der Waals surface area (Å²) in [5, 5.41) is 0. The molecule has 1 fully saturated rings. The number of hydrogen-bond acceptors (Lipinski definition) is 4. The van der Waals surface area contributed by atoms with Gasteiger partial charge in [0.25, 0.3) is 0 Å². The van der Waals surface area contributed by atoms with Crippen molar-refractivity contribution in [1.29, 1.82) is 0 Å². The lowest BCUT2D eigenvalue weighted by atomic mass is 10.3. The SMILES string of the molecule is CC(=O)N1CCN(S)CC1.CS. The van der Waals surface area contributed by atoms with E-state index in [0.717, 1.165) is 26.2 Å². The van der Waals surface area contributed by atoms with Gasteiger partial charge in [-0.1, -0.05) is 12.8 Å². The molecule has 5 heteroatoms. The van der Waals surface area contributed by atoms with Gasteiger partial charge >= 0.3 is 0 Å². The van der Waals surface area contributed by atoms with E-state index < -0.39 is 0 Å². The molecule has 12 heavy (non-hydrogen) atoms. The molecule has 0 N–H and O–H groups in total. The molecule has 0 atom stereocenters. The summed E-state index contributed by atoms with van der Waals surface area (Å²) in [5.41, 5.74) is 0. The molecule has 0 aliphatic carbocycles. The molecule has 0 radical (unpaired) electrons. The molecule has 1 aliphatic rings. The second-order valence-electron chi connectivity index (χ2n) is 2.46. The molecule has 1 saturated heterocycles. The van der Waals surface area contributed by atoms with Crippen molar-refractivity contribution in [3.8, 4) is 0 Å². The van der Waals surface area contributed by atoms with Crippen molar-refractivity contribution in [3.05, 3.63) is 0 Å². The molecular weight excluding hydrogens is 192 g/mol. The van der Waals surface area contributed by atoms with Crippen LogP contribution < -0.4 is 0 Å². The Morgan fingerprint density at radius 3 is 1.92 bits per heavy atom. The number of carbonyl (C=O) groups excluding carboxylic acids is 1. The molecule has 0 saturated carbocycles. The minimum absolute atomic E-state index is 0.168. The molecule has 1 heterocycles. The number of carbonyl (C=O) groups is 1. The zero-order chi connectivity index (χ0) is 9.56. The van der Waals surface area contributed by atoms with Crippen molar-refractivity contribution in [2.45, 2.75) is 6.92 Å². The maximum atomic E-state index is 10.8. The Morgan fingerprint density at radius 1 is 1.17 bits per heavy atom. The lowest BCUT2D eigenvalue weighted by Gasteiger charge is -2.30. The maximum Gasteiger partial charge on any atom is 0.219 e. The topological polar surface area (TPSA) is 23.6 Å². The van der Waals surface area contributed by atoms with Gasteiger partial charge in [-0.2, -0.15) is 12.6 Å². The number of amides is 1. The highest BCUT2D eigenvalue weighted by Crippen LogP contribution is 2.02. The lowest BCUT2D eigenvalue weighted by Crippen LogP contribution is -2.44. The molecule has 1 rings (SSSR count). The van der Waals surface area contributed by atoms with Crippen molar-refractivity contribution >= 4 is 31.4 Å². The Labute approximate surface area is 85.1 Å². The predicted octanol–water partition coefficient (Wildman–Crippen LogP) is 0.541. The summed E-state index contributed by atoms with van der Waals surface area (Å²) in [6.45, 7) is 5.00. The van der Waals surface area contributed by atoms with Gasteiger partial charge in [-0.3, -0.25) is 4.79 Å². The third-order valence-electron chi connectivity index (χ3n) is 1.70. The van der Waals surface area contributed by atoms with Crippen molar-refractivity contribution in [2.24, 2.45) is 0 Å². The highest BCUT2D eigenvalue weighted by atomic mass is 32.1. The number of hydrogen-bond donors (Lipinski definition) is 2. The first kappa shape index (κ1) is 12.1. The zero-order valence-electron chi connectivity index (χ0n) is 7.53. The summed E-state index contributed by atoms with van der Waals surface area (Å²) in [7, 11) is 0. The zero-order valence-corrected chi connectivity index (χ0v) is 9.31. The number of rotatable bonds is 0. The minimum atomic E-state index is 0.168. The molecule has 0 unspecified atom stereocenters. The molecule has 1 amide bonds. The summed E-state index contributed by atoms with van der Waals surface area (Å²) < 4.78 is 1.93. The van der Waals surface area contributed by atoms with Gasteiger partial charge in [-0.15, -0.1) is 0 Å². The van der Waals surface area contributed by atoms with Crippen LogP contribution in [0, 0.1) is 0 Å². The van der Waals surface area contributed by atoms with Crippen LogP contribution in [0.1, 0.15) is 6.92 Å². The fourth-order valence-electron chi connectivity index (χ4n) is 1.01. The second kappa shape index (κ2) is 6.62. The van der Waals surface area contributed by atoms with Gasteiger partial charge in [0.05, 0.1) is 0 Å². The van der Waals surface area contributed by atoms with Crippen LogP contribution in [-0.2, 0) is 4.79 Å². The van der Waals surface area contributed by atoms with E-state index in [0.29, 0.717) is 0 Å². The van der Waals surface area contributed by atoms with Gasteiger partial charge in [0.1, 0.15) is 0 Å². The molecule has 0 aromatic rings. The van der Waals surface area contributed by atoms with Gasteiger partial charge in [0.15, 0.2) is 0 Å². The lowest BCUT2D eigenvalue weighted by molar-refractivity contribution is -0.129. The summed E-state index contributed by atoms with van der Waals surface area (Å²) in [6, 6.07) is 0. The summed E-state index contributed by atoms with van der Waals surface area (Å²) in [5.74, 6) is 0.168. The van der Waals surface area contributed by atoms with Gasteiger partial charge in [-0.25, -0.2) is 4.31 Å². The molecule has 0 aromatic carbocycles. The fourth-order valence-corrected chi connectivity index (χ4v) is 1.19. The highest BCUT2D eigenvalue weighted by Gasteiger charge is 2.15. The van der Waals surface area contributed by atoms with Crippen molar-refractivity contribution in [2.75, 3.05) is 32.4 Å². The monoisotopic (exact) mass is 208 g/mol. The first-order valence-electron chi connectivity index (χ1n) is 3.84. The number of nitrogens with zero attached hydrogens (tertiary/aromatic N) is 2. The third-order valence-corrected chi connectivity index (χ3v) is 2.10. The largest absolute Gasteiger partial charge is 0.340 e. The molecule has 0 bridgehead atoms. The average Bonchev–Trinajstić information content (AvgIpc) is 2.09. The van der Waals surface area contributed by atoms with Crippen LogP contribution in [0.3, 0.4) is 0 Å². The fraction of sp³-hybridized carbons (Fsp3) is 0.857. The van der Waals surface area contributed by atoms with Crippen molar-refractivity contribution in [1.82, 2.24) is 9.21 Å². The smallest absolute Gasteiger partial charge is 0.219 e. The number of thiol groups is 2. The van der Waals surface area contributed by atoms with E-state index >= 15 is 0 Å². The quantitative estimate of drug-likeness (QED) is 0.568. The molecule has 72 valence electrons. The molecule has 1 aliphatic heterocycles. The van der Waals surface area contributed by atoms with E-state index in [1.807, 2.05) is 9.21 Å². The Balaban J connectivity index is 0.000000561. The summed E-state index contributed by atoms with van der Waals surface area (Å²) >= 11 is 7.69. The van der Waals surface area contributed by atoms with E-state index in [9.17, 15) is 4.79 Å². The van der Waals surface area contributed by atoms with Crippen molar-refractivity contribution < 1.29 is 4.79 Å². The first-order chi connectivity index (χ1) is 5.70. The van der Waals surface area contributed by atoms with Gasteiger partial charge in [-0.05, 0) is 6.26 Å². The minimum Gasteiger partial charge on any atom is -0.340 e. The van der Waals surface area contributed by atoms with E-state index in [4.69, 9.17) is 0 Å². The van der Waals surface area contributed by atoms with Crippen LogP contribution in [-0.4, -0.2) is 47.5 Å². The molecular formula is C7H16N2OS2. The molecule has 3 nitrogen and oxygen atoms in total. The van der Waals surface area contributed by atoms with Crippen LogP contribution in [0.2, 0.25) is 0 Å². The van der Waals surface area contributed by atoms with Gasteiger partial charge in [0, 0.05) is 33.1 Å². The Morgan fingerprint density at radius 2 is 1.58 bits per heavy atom. The summed E-state index contributed by atoms with van der Waals surface area (Å²) in [4.78, 5) is 12.6. The normalized spacial score (nSPS) is 18.2.